The molecule has 1 N–H and O–H groups in total. The van der Waals surface area contributed by atoms with Crippen molar-refractivity contribution in [3.05, 3.63) is 95.3 Å². The summed E-state index contributed by atoms with van der Waals surface area (Å²) in [6, 6.07) is 20.9. The van der Waals surface area contributed by atoms with Crippen molar-refractivity contribution in [2.75, 3.05) is 0 Å². The summed E-state index contributed by atoms with van der Waals surface area (Å²) in [7, 11) is 0. The fourth-order valence-electron chi connectivity index (χ4n) is 2.22. The molecule has 0 unspecified atom stereocenters. The van der Waals surface area contributed by atoms with E-state index in [-0.39, 0.29) is 5.91 Å². The number of amides is 1. The van der Waals surface area contributed by atoms with Crippen molar-refractivity contribution < 1.29 is 9.53 Å². The van der Waals surface area contributed by atoms with Crippen LogP contribution in [-0.4, -0.2) is 17.1 Å². The Morgan fingerprint density at radius 2 is 1.85 bits per heavy atom. The van der Waals surface area contributed by atoms with E-state index in [1.165, 1.54) is 5.56 Å². The number of benzene rings is 2. The molecule has 3 rings (SSSR count). The summed E-state index contributed by atoms with van der Waals surface area (Å²) < 4.78 is 5.76. The minimum atomic E-state index is -0.347. The fraction of sp³-hybridized carbons (Fsp3) is 0.0952. The van der Waals surface area contributed by atoms with Crippen LogP contribution in [0.15, 0.2) is 78.0 Å². The molecule has 0 aliphatic heterocycles. The maximum atomic E-state index is 11.8. The predicted molar refractivity (Wildman–Crippen MR) is 101 cm³/mol. The highest BCUT2D eigenvalue weighted by Gasteiger charge is 2.03. The third kappa shape index (κ3) is 5.01. The van der Waals surface area contributed by atoms with Crippen molar-refractivity contribution in [1.82, 2.24) is 10.4 Å². The Kier molecular flexibility index (Phi) is 5.72. The van der Waals surface area contributed by atoms with Gasteiger partial charge in [-0.15, -0.1) is 0 Å². The number of aryl methyl sites for hydroxylation is 1. The van der Waals surface area contributed by atoms with Gasteiger partial charge in [-0.1, -0.05) is 35.9 Å². The van der Waals surface area contributed by atoms with Crippen molar-refractivity contribution >= 4 is 12.1 Å². The second kappa shape index (κ2) is 8.58. The molecular formula is C21H19N3O2. The molecule has 1 amide bonds. The number of hydrazone groups is 1. The molecule has 5 heteroatoms. The SMILES string of the molecule is Cc1ccc(COc2ccc(/C=N/NC(=O)c3ccccn3)cc2)cc1. The average molecular weight is 345 g/mol. The lowest BCUT2D eigenvalue weighted by molar-refractivity contribution is 0.0950. The van der Waals surface area contributed by atoms with Gasteiger partial charge in [-0.25, -0.2) is 5.43 Å². The Bertz CT molecular complexity index is 873. The number of hydrogen-bond acceptors (Lipinski definition) is 4. The van der Waals surface area contributed by atoms with Crippen LogP contribution in [-0.2, 0) is 6.61 Å². The van der Waals surface area contributed by atoms with E-state index < -0.39 is 0 Å². The smallest absolute Gasteiger partial charge is 0.289 e. The van der Waals surface area contributed by atoms with Crippen molar-refractivity contribution in [2.45, 2.75) is 13.5 Å². The van der Waals surface area contributed by atoms with Gasteiger partial charge in [-0.2, -0.15) is 5.10 Å². The van der Waals surface area contributed by atoms with E-state index in [1.807, 2.05) is 24.3 Å². The first-order valence-electron chi connectivity index (χ1n) is 8.23. The van der Waals surface area contributed by atoms with Gasteiger partial charge in [0.1, 0.15) is 18.1 Å². The second-order valence-electron chi connectivity index (χ2n) is 5.76. The Morgan fingerprint density at radius 1 is 1.08 bits per heavy atom. The number of carbonyl (C=O) groups excluding carboxylic acids is 1. The van der Waals surface area contributed by atoms with Gasteiger partial charge in [0.05, 0.1) is 6.21 Å². The summed E-state index contributed by atoms with van der Waals surface area (Å²) in [6.07, 6.45) is 3.14. The zero-order chi connectivity index (χ0) is 18.2. The standard InChI is InChI=1S/C21H19N3O2/c1-16-5-7-18(8-6-16)15-26-19-11-9-17(10-12-19)14-23-24-21(25)20-4-2-3-13-22-20/h2-14H,15H2,1H3,(H,24,25)/b23-14+. The van der Waals surface area contributed by atoms with Crippen LogP contribution in [0.3, 0.4) is 0 Å². The third-order valence-electron chi connectivity index (χ3n) is 3.68. The van der Waals surface area contributed by atoms with Crippen LogP contribution in [0.5, 0.6) is 5.75 Å². The zero-order valence-corrected chi connectivity index (χ0v) is 14.4. The van der Waals surface area contributed by atoms with Gasteiger partial charge in [0.2, 0.25) is 0 Å². The van der Waals surface area contributed by atoms with Crippen LogP contribution < -0.4 is 10.2 Å². The largest absolute Gasteiger partial charge is 0.489 e. The molecule has 0 saturated heterocycles. The third-order valence-corrected chi connectivity index (χ3v) is 3.68. The molecule has 130 valence electrons. The summed E-state index contributed by atoms with van der Waals surface area (Å²) in [5.41, 5.74) is 5.98. The van der Waals surface area contributed by atoms with Crippen LogP contribution >= 0.6 is 0 Å². The molecule has 0 radical (unpaired) electrons. The number of aromatic nitrogens is 1. The summed E-state index contributed by atoms with van der Waals surface area (Å²) in [5, 5.41) is 3.94. The summed E-state index contributed by atoms with van der Waals surface area (Å²) in [5.74, 6) is 0.431. The molecule has 0 atom stereocenters. The highest BCUT2D eigenvalue weighted by Crippen LogP contribution is 2.14. The monoisotopic (exact) mass is 345 g/mol. The maximum absolute atomic E-state index is 11.8. The number of ether oxygens (including phenoxy) is 1. The maximum Gasteiger partial charge on any atom is 0.289 e. The molecule has 3 aromatic rings. The van der Waals surface area contributed by atoms with E-state index in [1.54, 1.807) is 30.6 Å². The van der Waals surface area contributed by atoms with E-state index in [4.69, 9.17) is 4.74 Å². The van der Waals surface area contributed by atoms with E-state index >= 15 is 0 Å². The summed E-state index contributed by atoms with van der Waals surface area (Å²) in [4.78, 5) is 15.8. The van der Waals surface area contributed by atoms with E-state index in [0.29, 0.717) is 12.3 Å². The Hall–Kier alpha value is -3.47. The van der Waals surface area contributed by atoms with E-state index in [0.717, 1.165) is 16.9 Å². The molecule has 0 aliphatic carbocycles. The lowest BCUT2D eigenvalue weighted by atomic mass is 10.2. The molecule has 0 spiro atoms. The Morgan fingerprint density at radius 3 is 2.54 bits per heavy atom. The number of pyridine rings is 1. The second-order valence-corrected chi connectivity index (χ2v) is 5.76. The van der Waals surface area contributed by atoms with Crippen LogP contribution in [0, 0.1) is 6.92 Å². The molecule has 0 saturated carbocycles. The molecule has 1 heterocycles. The lowest BCUT2D eigenvalue weighted by Crippen LogP contribution is -2.18. The van der Waals surface area contributed by atoms with Gasteiger partial charge in [-0.3, -0.25) is 9.78 Å². The first kappa shape index (κ1) is 17.4. The number of carbonyl (C=O) groups is 1. The highest BCUT2D eigenvalue weighted by molar-refractivity contribution is 5.93. The predicted octanol–water partition coefficient (Wildman–Crippen LogP) is 3.73. The van der Waals surface area contributed by atoms with Crippen molar-refractivity contribution in [3.8, 4) is 5.75 Å². The average Bonchev–Trinajstić information content (AvgIpc) is 2.69. The molecule has 5 nitrogen and oxygen atoms in total. The normalized spacial score (nSPS) is 10.7. The van der Waals surface area contributed by atoms with Gasteiger partial charge >= 0.3 is 0 Å². The topological polar surface area (TPSA) is 63.6 Å². The number of hydrogen-bond donors (Lipinski definition) is 1. The molecule has 1 aromatic heterocycles. The van der Waals surface area contributed by atoms with Gasteiger partial charge in [0.25, 0.3) is 5.91 Å². The number of nitrogens with zero attached hydrogens (tertiary/aromatic N) is 2. The van der Waals surface area contributed by atoms with Crippen LogP contribution in [0.4, 0.5) is 0 Å². The number of rotatable bonds is 6. The molecule has 2 aromatic carbocycles. The minimum Gasteiger partial charge on any atom is -0.489 e. The highest BCUT2D eigenvalue weighted by atomic mass is 16.5. The molecule has 0 bridgehead atoms. The van der Waals surface area contributed by atoms with E-state index in [2.05, 4.69) is 46.7 Å². The Labute approximate surface area is 152 Å². The van der Waals surface area contributed by atoms with Crippen molar-refractivity contribution in [3.63, 3.8) is 0 Å². The van der Waals surface area contributed by atoms with Crippen molar-refractivity contribution in [1.29, 1.82) is 0 Å². The van der Waals surface area contributed by atoms with Crippen LogP contribution in [0.1, 0.15) is 27.2 Å². The van der Waals surface area contributed by atoms with Crippen LogP contribution in [0.25, 0.3) is 0 Å². The molecular weight excluding hydrogens is 326 g/mol. The summed E-state index contributed by atoms with van der Waals surface area (Å²) in [6.45, 7) is 2.58. The molecule has 0 fully saturated rings. The van der Waals surface area contributed by atoms with Gasteiger partial charge in [-0.05, 0) is 54.4 Å². The fourth-order valence-corrected chi connectivity index (χ4v) is 2.22. The lowest BCUT2D eigenvalue weighted by Gasteiger charge is -2.06. The zero-order valence-electron chi connectivity index (χ0n) is 14.4. The van der Waals surface area contributed by atoms with Crippen LogP contribution in [0.2, 0.25) is 0 Å². The molecule has 26 heavy (non-hydrogen) atoms. The Balaban J connectivity index is 1.51. The van der Waals surface area contributed by atoms with Gasteiger partial charge in [0, 0.05) is 6.20 Å². The number of nitrogens with one attached hydrogen (secondary N) is 1. The minimum absolute atomic E-state index is 0.324. The van der Waals surface area contributed by atoms with Gasteiger partial charge in [0.15, 0.2) is 0 Å². The summed E-state index contributed by atoms with van der Waals surface area (Å²) >= 11 is 0. The quantitative estimate of drug-likeness (QED) is 0.547. The molecule has 0 aliphatic rings. The van der Waals surface area contributed by atoms with Crippen molar-refractivity contribution in [2.24, 2.45) is 5.10 Å². The van der Waals surface area contributed by atoms with Gasteiger partial charge < -0.3 is 4.74 Å². The van der Waals surface area contributed by atoms with E-state index in [9.17, 15) is 4.79 Å². The first-order valence-corrected chi connectivity index (χ1v) is 8.23. The first-order chi connectivity index (χ1) is 12.7.